The van der Waals surface area contributed by atoms with Crippen LogP contribution in [-0.4, -0.2) is 62.5 Å². The topological polar surface area (TPSA) is 40.2 Å². The summed E-state index contributed by atoms with van der Waals surface area (Å²) in [6.07, 6.45) is 8.36. The van der Waals surface area contributed by atoms with Gasteiger partial charge in [-0.1, -0.05) is 34.1 Å². The van der Waals surface area contributed by atoms with Gasteiger partial charge in [-0.25, -0.2) is 0 Å². The second kappa shape index (κ2) is 9.53. The fourth-order valence-corrected chi connectivity index (χ4v) is 5.14. The first kappa shape index (κ1) is 21.5. The van der Waals surface area contributed by atoms with Crippen molar-refractivity contribution in [3.8, 4) is 0 Å². The fourth-order valence-electron chi connectivity index (χ4n) is 5.14. The molecule has 5 nitrogen and oxygen atoms in total. The zero-order chi connectivity index (χ0) is 19.3. The van der Waals surface area contributed by atoms with Crippen molar-refractivity contribution in [3.05, 3.63) is 0 Å². The first-order chi connectivity index (χ1) is 13.0. The van der Waals surface area contributed by atoms with E-state index < -0.39 is 0 Å². The van der Waals surface area contributed by atoms with Gasteiger partial charge in [-0.3, -0.25) is 4.90 Å². The van der Waals surface area contributed by atoms with Crippen LogP contribution in [0.25, 0.3) is 0 Å². The Morgan fingerprint density at radius 1 is 1.07 bits per heavy atom. The molecular formula is C22H41NO4. The van der Waals surface area contributed by atoms with E-state index in [1.807, 2.05) is 0 Å². The molecule has 158 valence electrons. The van der Waals surface area contributed by atoms with E-state index in [1.54, 1.807) is 0 Å². The Bertz CT molecular complexity index is 442. The van der Waals surface area contributed by atoms with E-state index >= 15 is 0 Å². The molecule has 1 atom stereocenters. The second-order valence-corrected chi connectivity index (χ2v) is 9.33. The summed E-state index contributed by atoms with van der Waals surface area (Å²) in [7, 11) is 0. The molecule has 3 rings (SSSR count). The lowest BCUT2D eigenvalue weighted by molar-refractivity contribution is -0.198. The minimum absolute atomic E-state index is 0.0567. The first-order valence-corrected chi connectivity index (χ1v) is 11.2. The number of ether oxygens (including phenoxy) is 4. The van der Waals surface area contributed by atoms with Gasteiger partial charge in [-0.15, -0.1) is 0 Å². The van der Waals surface area contributed by atoms with Crippen molar-refractivity contribution >= 4 is 0 Å². The van der Waals surface area contributed by atoms with E-state index in [2.05, 4.69) is 32.6 Å². The quantitative estimate of drug-likeness (QED) is 0.597. The normalized spacial score (nSPS) is 32.8. The van der Waals surface area contributed by atoms with Gasteiger partial charge in [-0.05, 0) is 43.6 Å². The maximum atomic E-state index is 6.46. The van der Waals surface area contributed by atoms with Gasteiger partial charge in [0.2, 0.25) is 0 Å². The van der Waals surface area contributed by atoms with Gasteiger partial charge in [0.25, 0.3) is 0 Å². The lowest BCUT2D eigenvalue weighted by Crippen LogP contribution is -2.40. The van der Waals surface area contributed by atoms with Gasteiger partial charge < -0.3 is 18.9 Å². The average molecular weight is 384 g/mol. The van der Waals surface area contributed by atoms with Crippen LogP contribution >= 0.6 is 0 Å². The highest BCUT2D eigenvalue weighted by Gasteiger charge is 2.46. The SMILES string of the molecule is CCCC(C)(C)C1CCC2(CC1)OCC(CCN(CC)CC1OCCO1)O2. The Morgan fingerprint density at radius 2 is 1.78 bits per heavy atom. The van der Waals surface area contributed by atoms with Crippen LogP contribution in [-0.2, 0) is 18.9 Å². The van der Waals surface area contributed by atoms with Gasteiger partial charge in [0, 0.05) is 25.9 Å². The predicted octanol–water partition coefficient (Wildman–Crippen LogP) is 4.20. The Hall–Kier alpha value is -0.200. The van der Waals surface area contributed by atoms with Crippen LogP contribution in [0.5, 0.6) is 0 Å². The molecule has 0 N–H and O–H groups in total. The number of hydrogen-bond acceptors (Lipinski definition) is 5. The van der Waals surface area contributed by atoms with Crippen molar-refractivity contribution in [3.63, 3.8) is 0 Å². The molecule has 1 aliphatic carbocycles. The molecule has 0 aromatic heterocycles. The molecule has 2 saturated heterocycles. The van der Waals surface area contributed by atoms with Crippen molar-refractivity contribution in [2.45, 2.75) is 90.8 Å². The lowest BCUT2D eigenvalue weighted by atomic mass is 9.68. The second-order valence-electron chi connectivity index (χ2n) is 9.33. The summed E-state index contributed by atoms with van der Waals surface area (Å²) in [5.74, 6) is 0.509. The maximum absolute atomic E-state index is 6.46. The molecular weight excluding hydrogens is 342 g/mol. The summed E-state index contributed by atoms with van der Waals surface area (Å²) in [6.45, 7) is 14.4. The van der Waals surface area contributed by atoms with Gasteiger partial charge in [0.05, 0.1) is 25.9 Å². The lowest BCUT2D eigenvalue weighted by Gasteiger charge is -2.42. The number of nitrogens with zero attached hydrogens (tertiary/aromatic N) is 1. The Balaban J connectivity index is 1.40. The van der Waals surface area contributed by atoms with Crippen LogP contribution in [0.3, 0.4) is 0 Å². The maximum Gasteiger partial charge on any atom is 0.170 e. The average Bonchev–Trinajstić information content (AvgIpc) is 3.29. The molecule has 3 fully saturated rings. The molecule has 2 aliphatic heterocycles. The van der Waals surface area contributed by atoms with Crippen LogP contribution < -0.4 is 0 Å². The number of likely N-dealkylation sites (N-methyl/N-ethyl adjacent to an activating group) is 1. The highest BCUT2D eigenvalue weighted by molar-refractivity contribution is 4.90. The van der Waals surface area contributed by atoms with Gasteiger partial charge >= 0.3 is 0 Å². The molecule has 5 heteroatoms. The third-order valence-electron chi connectivity index (χ3n) is 6.97. The summed E-state index contributed by atoms with van der Waals surface area (Å²) < 4.78 is 23.9. The van der Waals surface area contributed by atoms with Gasteiger partial charge in [0.15, 0.2) is 12.1 Å². The smallest absolute Gasteiger partial charge is 0.170 e. The summed E-state index contributed by atoms with van der Waals surface area (Å²) in [4.78, 5) is 2.40. The molecule has 0 radical (unpaired) electrons. The molecule has 1 saturated carbocycles. The third-order valence-corrected chi connectivity index (χ3v) is 6.97. The monoisotopic (exact) mass is 383 g/mol. The zero-order valence-corrected chi connectivity index (χ0v) is 18.0. The van der Waals surface area contributed by atoms with Crippen LogP contribution in [0.15, 0.2) is 0 Å². The molecule has 1 spiro atoms. The highest BCUT2D eigenvalue weighted by atomic mass is 16.7. The van der Waals surface area contributed by atoms with E-state index in [0.717, 1.165) is 64.6 Å². The Morgan fingerprint density at radius 3 is 2.41 bits per heavy atom. The van der Waals surface area contributed by atoms with Crippen LogP contribution in [0.2, 0.25) is 0 Å². The van der Waals surface area contributed by atoms with Crippen molar-refractivity contribution in [1.29, 1.82) is 0 Å². The third kappa shape index (κ3) is 5.66. The predicted molar refractivity (Wildman–Crippen MR) is 107 cm³/mol. The van der Waals surface area contributed by atoms with Crippen molar-refractivity contribution in [1.82, 2.24) is 4.90 Å². The van der Waals surface area contributed by atoms with Crippen LogP contribution in [0.4, 0.5) is 0 Å². The highest BCUT2D eigenvalue weighted by Crippen LogP contribution is 2.47. The largest absolute Gasteiger partial charge is 0.349 e. The standard InChI is InChI=1S/C22H41NO4/c1-5-10-21(3,4)18-7-11-22(12-8-18)26-17-19(27-22)9-13-23(6-2)16-20-24-14-15-25-20/h18-20H,5-17H2,1-4H3. The van der Waals surface area contributed by atoms with E-state index in [9.17, 15) is 0 Å². The molecule has 0 aromatic carbocycles. The van der Waals surface area contributed by atoms with Crippen LogP contribution in [0.1, 0.15) is 72.6 Å². The molecule has 0 amide bonds. The van der Waals surface area contributed by atoms with Crippen LogP contribution in [0, 0.1) is 11.3 Å². The summed E-state index contributed by atoms with van der Waals surface area (Å²) in [5, 5.41) is 0. The van der Waals surface area contributed by atoms with Crippen molar-refractivity contribution in [2.24, 2.45) is 11.3 Å². The minimum atomic E-state index is -0.293. The molecule has 2 heterocycles. The van der Waals surface area contributed by atoms with Gasteiger partial charge in [0.1, 0.15) is 0 Å². The van der Waals surface area contributed by atoms with Crippen molar-refractivity contribution < 1.29 is 18.9 Å². The number of hydrogen-bond donors (Lipinski definition) is 0. The minimum Gasteiger partial charge on any atom is -0.349 e. The molecule has 0 aromatic rings. The first-order valence-electron chi connectivity index (χ1n) is 11.2. The van der Waals surface area contributed by atoms with E-state index in [-0.39, 0.29) is 18.2 Å². The molecule has 3 aliphatic rings. The van der Waals surface area contributed by atoms with Crippen molar-refractivity contribution in [2.75, 3.05) is 39.5 Å². The molecule has 0 bridgehead atoms. The summed E-state index contributed by atoms with van der Waals surface area (Å²) >= 11 is 0. The zero-order valence-electron chi connectivity index (χ0n) is 18.0. The number of rotatable bonds is 9. The van der Waals surface area contributed by atoms with Gasteiger partial charge in [-0.2, -0.15) is 0 Å². The molecule has 27 heavy (non-hydrogen) atoms. The van der Waals surface area contributed by atoms with E-state index in [0.29, 0.717) is 5.41 Å². The summed E-state index contributed by atoms with van der Waals surface area (Å²) in [6, 6.07) is 0. The Labute approximate surface area is 166 Å². The fraction of sp³-hybridized carbons (Fsp3) is 1.00. The Kier molecular flexibility index (Phi) is 7.59. The van der Waals surface area contributed by atoms with E-state index in [4.69, 9.17) is 18.9 Å². The summed E-state index contributed by atoms with van der Waals surface area (Å²) in [5.41, 5.74) is 0.445. The van der Waals surface area contributed by atoms with E-state index in [1.165, 1.54) is 25.7 Å². The molecule has 1 unspecified atom stereocenters.